The number of phenols is 1. The number of guanidine groups is 1. The molecule has 2 aromatic carbocycles. The molecule has 20 N–H and O–H groups in total. The van der Waals surface area contributed by atoms with Crippen molar-refractivity contribution in [1.82, 2.24) is 57.8 Å². The van der Waals surface area contributed by atoms with E-state index in [1.54, 1.807) is 44.2 Å². The van der Waals surface area contributed by atoms with Gasteiger partial charge < -0.3 is 90.5 Å². The van der Waals surface area contributed by atoms with Crippen molar-refractivity contribution in [2.75, 3.05) is 13.1 Å². The molecule has 448 valence electrons. The van der Waals surface area contributed by atoms with E-state index < -0.39 is 139 Å². The molecule has 0 aliphatic rings. The molecule has 30 heteroatoms. The van der Waals surface area contributed by atoms with E-state index in [1.165, 1.54) is 43.7 Å². The van der Waals surface area contributed by atoms with Gasteiger partial charge in [-0.05, 0) is 69.2 Å². The number of imidazole rings is 1. The van der Waals surface area contributed by atoms with Crippen LogP contribution in [0.4, 0.5) is 0 Å². The Hall–Kier alpha value is -9.19. The number of aliphatic imine (C=N–C) groups is 1. The lowest BCUT2D eigenvalue weighted by atomic mass is 10.00. The number of nitrogens with zero attached hydrogens (tertiary/aromatic N) is 2. The van der Waals surface area contributed by atoms with Gasteiger partial charge in [-0.1, -0.05) is 56.3 Å². The average Bonchev–Trinajstić information content (AvgIpc) is 3.94. The molecule has 0 saturated heterocycles. The zero-order chi connectivity index (χ0) is 61.2. The van der Waals surface area contributed by atoms with Crippen LogP contribution >= 0.6 is 0 Å². The van der Waals surface area contributed by atoms with E-state index in [1.807, 2.05) is 0 Å². The summed E-state index contributed by atoms with van der Waals surface area (Å²) in [6.45, 7) is 6.43. The maximum absolute atomic E-state index is 14.4. The molecule has 1 aromatic heterocycles. The molecule has 10 atom stereocenters. The molecular weight excluding hydrogens is 1070 g/mol. The number of aromatic amines is 1. The van der Waals surface area contributed by atoms with Crippen molar-refractivity contribution in [2.24, 2.45) is 28.1 Å². The zero-order valence-electron chi connectivity index (χ0n) is 46.0. The van der Waals surface area contributed by atoms with Crippen LogP contribution in [0.5, 0.6) is 5.75 Å². The van der Waals surface area contributed by atoms with Crippen LogP contribution < -0.4 is 65.1 Å². The van der Waals surface area contributed by atoms with Crippen molar-refractivity contribution >= 4 is 71.1 Å². The van der Waals surface area contributed by atoms with Crippen molar-refractivity contribution in [3.63, 3.8) is 0 Å². The number of H-pyrrole nitrogens is 1. The van der Waals surface area contributed by atoms with E-state index >= 15 is 0 Å². The Morgan fingerprint density at radius 2 is 1.09 bits per heavy atom. The Balaban J connectivity index is 1.82. The minimum Gasteiger partial charge on any atom is -0.508 e. The number of phenolic OH excluding ortho intramolecular Hbond substituents is 1. The van der Waals surface area contributed by atoms with E-state index in [4.69, 9.17) is 17.2 Å². The van der Waals surface area contributed by atoms with Crippen LogP contribution in [-0.4, -0.2) is 175 Å². The number of rotatable bonds is 34. The number of aliphatic carboxylic acids is 2. The molecule has 3 aromatic rings. The number of aliphatic hydroxyl groups is 1. The first kappa shape index (κ1) is 67.1. The molecule has 0 unspecified atom stereocenters. The first-order valence-corrected chi connectivity index (χ1v) is 26.1. The van der Waals surface area contributed by atoms with E-state index in [-0.39, 0.29) is 62.7 Å². The van der Waals surface area contributed by atoms with E-state index in [2.05, 4.69) is 62.8 Å². The Bertz CT molecular complexity index is 2690. The molecule has 0 aliphatic carbocycles. The number of nitrogens with two attached hydrogens (primary N) is 3. The van der Waals surface area contributed by atoms with E-state index in [9.17, 15) is 73.2 Å². The van der Waals surface area contributed by atoms with Gasteiger partial charge in [0.1, 0.15) is 60.1 Å². The summed E-state index contributed by atoms with van der Waals surface area (Å²) in [6, 6.07) is 0.744. The number of aromatic hydroxyl groups is 1. The molecule has 1 heterocycles. The minimum atomic E-state index is -1.84. The van der Waals surface area contributed by atoms with Crippen LogP contribution in [0.1, 0.15) is 77.1 Å². The van der Waals surface area contributed by atoms with Gasteiger partial charge in [0, 0.05) is 37.7 Å². The fourth-order valence-electron chi connectivity index (χ4n) is 7.88. The van der Waals surface area contributed by atoms with Gasteiger partial charge >= 0.3 is 11.9 Å². The number of amides is 9. The van der Waals surface area contributed by atoms with Crippen LogP contribution in [0.2, 0.25) is 0 Å². The lowest BCUT2D eigenvalue weighted by Crippen LogP contribution is -2.62. The minimum absolute atomic E-state index is 0.000342. The zero-order valence-corrected chi connectivity index (χ0v) is 46.0. The largest absolute Gasteiger partial charge is 0.508 e. The van der Waals surface area contributed by atoms with Gasteiger partial charge in [0.05, 0.1) is 25.4 Å². The van der Waals surface area contributed by atoms with Crippen molar-refractivity contribution in [3.05, 3.63) is 83.9 Å². The number of carboxylic acid groups (broad SMARTS) is 2. The summed E-state index contributed by atoms with van der Waals surface area (Å²) in [4.78, 5) is 157. The lowest BCUT2D eigenvalue weighted by Gasteiger charge is -2.29. The average molecular weight is 1150 g/mol. The third-order valence-electron chi connectivity index (χ3n) is 12.2. The van der Waals surface area contributed by atoms with E-state index in [0.717, 1.165) is 13.8 Å². The molecule has 0 aliphatic heterocycles. The highest BCUT2D eigenvalue weighted by atomic mass is 16.4. The first-order valence-electron chi connectivity index (χ1n) is 26.1. The van der Waals surface area contributed by atoms with Gasteiger partial charge in [0.25, 0.3) is 0 Å². The summed E-state index contributed by atoms with van der Waals surface area (Å²) in [5.41, 5.74) is 18.1. The molecule has 3 rings (SSSR count). The van der Waals surface area contributed by atoms with Crippen LogP contribution in [-0.2, 0) is 72.0 Å². The summed E-state index contributed by atoms with van der Waals surface area (Å²) in [5, 5.41) is 61.6. The van der Waals surface area contributed by atoms with Crippen molar-refractivity contribution in [2.45, 2.75) is 140 Å². The van der Waals surface area contributed by atoms with Gasteiger partial charge in [0.15, 0.2) is 5.96 Å². The number of benzene rings is 2. The maximum atomic E-state index is 14.4. The molecule has 82 heavy (non-hydrogen) atoms. The molecule has 0 radical (unpaired) electrons. The van der Waals surface area contributed by atoms with Crippen LogP contribution in [0.15, 0.2) is 72.1 Å². The monoisotopic (exact) mass is 1150 g/mol. The molecule has 9 amide bonds. The predicted molar refractivity (Wildman–Crippen MR) is 293 cm³/mol. The second kappa shape index (κ2) is 33.4. The van der Waals surface area contributed by atoms with Crippen molar-refractivity contribution in [3.8, 4) is 5.75 Å². The number of carbonyl (C=O) groups excluding carboxylic acids is 9. The van der Waals surface area contributed by atoms with Crippen LogP contribution in [0.25, 0.3) is 0 Å². The number of aliphatic hydroxyl groups excluding tert-OH is 1. The summed E-state index contributed by atoms with van der Waals surface area (Å²) in [6.07, 6.45) is -0.493. The Morgan fingerprint density at radius 3 is 1.61 bits per heavy atom. The number of hydrogen-bond donors (Lipinski definition) is 17. The van der Waals surface area contributed by atoms with Crippen LogP contribution in [0, 0.1) is 5.92 Å². The van der Waals surface area contributed by atoms with Crippen molar-refractivity contribution in [1.29, 1.82) is 0 Å². The quantitative estimate of drug-likeness (QED) is 0.0152. The fraction of sp³-hybridized carbons (Fsp3) is 0.481. The fourth-order valence-corrected chi connectivity index (χ4v) is 7.88. The normalized spacial score (nSPS) is 14.6. The number of carboxylic acids is 2. The lowest BCUT2D eigenvalue weighted by molar-refractivity contribution is -0.143. The third kappa shape index (κ3) is 23.6. The number of hydrogen-bond acceptors (Lipinski definition) is 16. The summed E-state index contributed by atoms with van der Waals surface area (Å²) < 4.78 is 0. The van der Waals surface area contributed by atoms with Gasteiger partial charge in [-0.15, -0.1) is 0 Å². The second-order valence-corrected chi connectivity index (χ2v) is 19.7. The standard InChI is InChI=1S/C52H75N15O15/c1-26(2)18-35(49(79)67-42(29(5)68)50(80)60-28(4)43(73)63-38(22-41(71)72)46(76)59-27(3)44(74)66-39(51(81)82)21-32-24-56-25-58-32)64-45(75)34(12-9-17-57-52(54)55)62-48(78)37(19-30-10-7-6-8-11-30)65-47(77)36(61-40(70)23-53)20-31-13-15-33(69)16-14-31/h6-8,10-11,13-16,24-29,34-39,42,68-69H,9,12,17-23,53H2,1-5H3,(H,56,58)(H,59,76)(H,60,80)(H,61,70)(H,62,78)(H,63,73)(H,64,75)(H,65,77)(H,66,74)(H,67,79)(H,71,72)(H,81,82)(H4,54,55,57)/t27-,28-,29+,34-,35-,36-,37-,38-,39-,42-/m0/s1. The maximum Gasteiger partial charge on any atom is 0.326 e. The topological polar surface area (TPSA) is 496 Å². The van der Waals surface area contributed by atoms with Gasteiger partial charge in [-0.3, -0.25) is 52.9 Å². The van der Waals surface area contributed by atoms with Gasteiger partial charge in [-0.25, -0.2) is 9.78 Å². The van der Waals surface area contributed by atoms with E-state index in [0.29, 0.717) is 16.8 Å². The highest BCUT2D eigenvalue weighted by Crippen LogP contribution is 2.14. The summed E-state index contributed by atoms with van der Waals surface area (Å²) >= 11 is 0. The molecule has 0 spiro atoms. The molecular formula is C52H75N15O15. The molecule has 0 saturated carbocycles. The summed E-state index contributed by atoms with van der Waals surface area (Å²) in [7, 11) is 0. The molecule has 30 nitrogen and oxygen atoms in total. The Kier molecular flexibility index (Phi) is 27.3. The Labute approximate surface area is 471 Å². The number of carbonyl (C=O) groups is 11. The Morgan fingerprint density at radius 1 is 0.585 bits per heavy atom. The van der Waals surface area contributed by atoms with Gasteiger partial charge in [-0.2, -0.15) is 0 Å². The second-order valence-electron chi connectivity index (χ2n) is 19.7. The smallest absolute Gasteiger partial charge is 0.326 e. The highest BCUT2D eigenvalue weighted by molar-refractivity contribution is 5.99. The van der Waals surface area contributed by atoms with Crippen molar-refractivity contribution < 1.29 is 73.2 Å². The SMILES string of the molecule is CC(C)C[C@H](NC(=O)[C@H](CCCN=C(N)N)NC(=O)[C@H](Cc1ccccc1)NC(=O)[C@H](Cc1ccc(O)cc1)NC(=O)CN)C(=O)N[C@H](C(=O)N[C@@H](C)C(=O)N[C@@H](CC(=O)O)C(=O)N[C@@H](C)C(=O)N[C@@H](Cc1cnc[nH]1)C(=O)O)[C@@H](C)O. The molecule has 0 bridgehead atoms. The van der Waals surface area contributed by atoms with Crippen LogP contribution in [0.3, 0.4) is 0 Å². The third-order valence-corrected chi connectivity index (χ3v) is 12.2. The predicted octanol–water partition coefficient (Wildman–Crippen LogP) is -4.46. The number of aromatic nitrogens is 2. The number of nitrogens with one attached hydrogen (secondary N) is 10. The highest BCUT2D eigenvalue weighted by Gasteiger charge is 2.36. The van der Waals surface area contributed by atoms with Gasteiger partial charge in [0.2, 0.25) is 53.2 Å². The first-order chi connectivity index (χ1) is 38.7. The summed E-state index contributed by atoms with van der Waals surface area (Å²) in [5.74, 6) is -12.2. The molecule has 0 fully saturated rings.